The zero-order valence-electron chi connectivity index (χ0n) is 10.5. The molecule has 1 aliphatic heterocycles. The molecule has 1 aliphatic carbocycles. The molecule has 4 heteroatoms. The summed E-state index contributed by atoms with van der Waals surface area (Å²) >= 11 is 0. The van der Waals surface area contributed by atoms with Crippen LogP contribution in [0.3, 0.4) is 0 Å². The number of nitrogens with one attached hydrogen (secondary N) is 1. The number of ether oxygens (including phenoxy) is 1. The van der Waals surface area contributed by atoms with Crippen molar-refractivity contribution >= 4 is 5.91 Å². The molecule has 2 fully saturated rings. The van der Waals surface area contributed by atoms with Gasteiger partial charge in [-0.2, -0.15) is 0 Å². The van der Waals surface area contributed by atoms with Crippen LogP contribution in [0.5, 0.6) is 0 Å². The second kappa shape index (κ2) is 6.36. The lowest BCUT2D eigenvalue weighted by Crippen LogP contribution is -2.35. The molecule has 3 N–H and O–H groups in total. The highest BCUT2D eigenvalue weighted by molar-refractivity contribution is 5.76. The molecule has 2 rings (SSSR count). The standard InChI is InChI=1S/C13H24N2O2/c14-11-3-1-2-10(8-11)4-5-13(16)15-12-6-7-17-9-12/h10-12H,1-9,14H2,(H,15,16). The van der Waals surface area contributed by atoms with Gasteiger partial charge in [0.2, 0.25) is 5.91 Å². The highest BCUT2D eigenvalue weighted by atomic mass is 16.5. The van der Waals surface area contributed by atoms with Crippen molar-refractivity contribution < 1.29 is 9.53 Å². The molecule has 1 saturated heterocycles. The lowest BCUT2D eigenvalue weighted by molar-refractivity contribution is -0.122. The summed E-state index contributed by atoms with van der Waals surface area (Å²) in [6.07, 6.45) is 7.32. The lowest BCUT2D eigenvalue weighted by Gasteiger charge is -2.26. The fraction of sp³-hybridized carbons (Fsp3) is 0.923. The summed E-state index contributed by atoms with van der Waals surface area (Å²) in [6.45, 7) is 1.46. The van der Waals surface area contributed by atoms with Gasteiger partial charge in [-0.25, -0.2) is 0 Å². The topological polar surface area (TPSA) is 64.4 Å². The normalized spacial score (nSPS) is 33.6. The van der Waals surface area contributed by atoms with E-state index in [-0.39, 0.29) is 11.9 Å². The van der Waals surface area contributed by atoms with Crippen LogP contribution in [0.4, 0.5) is 0 Å². The van der Waals surface area contributed by atoms with E-state index in [1.807, 2.05) is 0 Å². The Morgan fingerprint density at radius 2 is 2.24 bits per heavy atom. The molecule has 1 heterocycles. The second-order valence-corrected chi connectivity index (χ2v) is 5.46. The lowest BCUT2D eigenvalue weighted by atomic mass is 9.83. The smallest absolute Gasteiger partial charge is 0.220 e. The van der Waals surface area contributed by atoms with Gasteiger partial charge in [0.05, 0.1) is 12.6 Å². The van der Waals surface area contributed by atoms with Gasteiger partial charge in [0, 0.05) is 19.1 Å². The van der Waals surface area contributed by atoms with E-state index in [1.54, 1.807) is 0 Å². The van der Waals surface area contributed by atoms with E-state index < -0.39 is 0 Å². The summed E-state index contributed by atoms with van der Waals surface area (Å²) in [5.41, 5.74) is 5.95. The molecule has 17 heavy (non-hydrogen) atoms. The van der Waals surface area contributed by atoms with Crippen molar-refractivity contribution in [1.29, 1.82) is 0 Å². The Hall–Kier alpha value is -0.610. The minimum atomic E-state index is 0.180. The van der Waals surface area contributed by atoms with E-state index in [0.29, 0.717) is 25.0 Å². The van der Waals surface area contributed by atoms with Crippen LogP contribution in [-0.4, -0.2) is 31.2 Å². The molecule has 98 valence electrons. The van der Waals surface area contributed by atoms with Gasteiger partial charge in [0.1, 0.15) is 0 Å². The summed E-state index contributed by atoms with van der Waals surface area (Å²) < 4.78 is 5.24. The summed E-state index contributed by atoms with van der Waals surface area (Å²) in [5, 5.41) is 3.03. The number of hydrogen-bond acceptors (Lipinski definition) is 3. The van der Waals surface area contributed by atoms with Gasteiger partial charge >= 0.3 is 0 Å². The molecule has 1 amide bonds. The number of carbonyl (C=O) groups excluding carboxylic acids is 1. The molecule has 4 nitrogen and oxygen atoms in total. The monoisotopic (exact) mass is 240 g/mol. The Morgan fingerprint density at radius 1 is 1.35 bits per heavy atom. The van der Waals surface area contributed by atoms with Crippen LogP contribution >= 0.6 is 0 Å². The van der Waals surface area contributed by atoms with Gasteiger partial charge in [-0.1, -0.05) is 12.8 Å². The van der Waals surface area contributed by atoms with Crippen LogP contribution < -0.4 is 11.1 Å². The largest absolute Gasteiger partial charge is 0.379 e. The van der Waals surface area contributed by atoms with E-state index in [9.17, 15) is 4.79 Å². The SMILES string of the molecule is NC1CCCC(CCC(=O)NC2CCOC2)C1. The predicted octanol–water partition coefficient (Wildman–Crippen LogP) is 1.19. The van der Waals surface area contributed by atoms with Crippen molar-refractivity contribution in [3.05, 3.63) is 0 Å². The Morgan fingerprint density at radius 3 is 2.94 bits per heavy atom. The van der Waals surface area contributed by atoms with Crippen LogP contribution in [-0.2, 0) is 9.53 Å². The molecule has 0 aromatic heterocycles. The molecule has 0 spiro atoms. The average Bonchev–Trinajstić information content (AvgIpc) is 2.79. The fourth-order valence-corrected chi connectivity index (χ4v) is 2.88. The molecule has 0 radical (unpaired) electrons. The molecular formula is C13H24N2O2. The number of rotatable bonds is 4. The van der Waals surface area contributed by atoms with Crippen LogP contribution in [0, 0.1) is 5.92 Å². The maximum Gasteiger partial charge on any atom is 0.220 e. The number of hydrogen-bond donors (Lipinski definition) is 2. The summed E-state index contributed by atoms with van der Waals surface area (Å²) in [5.74, 6) is 0.837. The molecule has 3 unspecified atom stereocenters. The first-order valence-corrected chi connectivity index (χ1v) is 6.86. The van der Waals surface area contributed by atoms with E-state index in [1.165, 1.54) is 12.8 Å². The molecule has 0 bridgehead atoms. The Labute approximate surface area is 103 Å². The van der Waals surface area contributed by atoms with Crippen molar-refractivity contribution in [2.24, 2.45) is 11.7 Å². The zero-order chi connectivity index (χ0) is 12.1. The zero-order valence-corrected chi connectivity index (χ0v) is 10.5. The Kier molecular flexibility index (Phi) is 4.80. The van der Waals surface area contributed by atoms with Gasteiger partial charge in [0.25, 0.3) is 0 Å². The van der Waals surface area contributed by atoms with Crippen LogP contribution in [0.25, 0.3) is 0 Å². The van der Waals surface area contributed by atoms with Crippen LogP contribution in [0.1, 0.15) is 44.9 Å². The third kappa shape index (κ3) is 4.28. The number of nitrogens with two attached hydrogens (primary N) is 1. The summed E-state index contributed by atoms with van der Waals surface area (Å²) in [7, 11) is 0. The average molecular weight is 240 g/mol. The second-order valence-electron chi connectivity index (χ2n) is 5.46. The summed E-state index contributed by atoms with van der Waals surface area (Å²) in [4.78, 5) is 11.7. The van der Waals surface area contributed by atoms with Crippen molar-refractivity contribution in [1.82, 2.24) is 5.32 Å². The third-order valence-corrected chi connectivity index (χ3v) is 3.90. The summed E-state index contributed by atoms with van der Waals surface area (Å²) in [6, 6.07) is 0.608. The van der Waals surface area contributed by atoms with E-state index in [0.717, 1.165) is 32.3 Å². The predicted molar refractivity (Wildman–Crippen MR) is 66.5 cm³/mol. The fourth-order valence-electron chi connectivity index (χ4n) is 2.88. The third-order valence-electron chi connectivity index (χ3n) is 3.90. The first-order chi connectivity index (χ1) is 8.24. The van der Waals surface area contributed by atoms with E-state index in [2.05, 4.69) is 5.32 Å². The highest BCUT2D eigenvalue weighted by Gasteiger charge is 2.21. The molecule has 3 atom stereocenters. The van der Waals surface area contributed by atoms with Crippen molar-refractivity contribution in [3.63, 3.8) is 0 Å². The van der Waals surface area contributed by atoms with E-state index >= 15 is 0 Å². The van der Waals surface area contributed by atoms with Crippen LogP contribution in [0.15, 0.2) is 0 Å². The minimum Gasteiger partial charge on any atom is -0.379 e. The molecule has 1 saturated carbocycles. The van der Waals surface area contributed by atoms with E-state index in [4.69, 9.17) is 10.5 Å². The molecule has 0 aromatic rings. The molecular weight excluding hydrogens is 216 g/mol. The number of carbonyl (C=O) groups is 1. The van der Waals surface area contributed by atoms with Crippen LogP contribution in [0.2, 0.25) is 0 Å². The van der Waals surface area contributed by atoms with Gasteiger partial charge in [-0.05, 0) is 31.6 Å². The van der Waals surface area contributed by atoms with Gasteiger partial charge in [-0.15, -0.1) is 0 Å². The molecule has 0 aromatic carbocycles. The maximum absolute atomic E-state index is 11.7. The highest BCUT2D eigenvalue weighted by Crippen LogP contribution is 2.26. The molecule has 2 aliphatic rings. The Balaban J connectivity index is 1.61. The quantitative estimate of drug-likeness (QED) is 0.776. The van der Waals surface area contributed by atoms with Crippen molar-refractivity contribution in [2.75, 3.05) is 13.2 Å². The van der Waals surface area contributed by atoms with Gasteiger partial charge in [0.15, 0.2) is 0 Å². The number of amides is 1. The van der Waals surface area contributed by atoms with Crippen molar-refractivity contribution in [3.8, 4) is 0 Å². The maximum atomic E-state index is 11.7. The van der Waals surface area contributed by atoms with Crippen molar-refractivity contribution in [2.45, 2.75) is 57.0 Å². The first kappa shape index (κ1) is 12.8. The minimum absolute atomic E-state index is 0.180. The van der Waals surface area contributed by atoms with Gasteiger partial charge in [-0.3, -0.25) is 4.79 Å². The Bertz CT molecular complexity index is 252. The first-order valence-electron chi connectivity index (χ1n) is 6.86. The van der Waals surface area contributed by atoms with Gasteiger partial charge < -0.3 is 15.8 Å².